The van der Waals surface area contributed by atoms with Crippen molar-refractivity contribution in [1.82, 2.24) is 10.6 Å². The first kappa shape index (κ1) is 22.7. The van der Waals surface area contributed by atoms with Crippen LogP contribution < -0.4 is 20.1 Å². The number of rotatable bonds is 9. The number of methoxy groups -OCH3 is 1. The van der Waals surface area contributed by atoms with Gasteiger partial charge in [-0.1, -0.05) is 25.8 Å². The highest BCUT2D eigenvalue weighted by Gasteiger charge is 2.11. The summed E-state index contributed by atoms with van der Waals surface area (Å²) in [4.78, 5) is 4.12. The van der Waals surface area contributed by atoms with Gasteiger partial charge >= 0.3 is 6.61 Å². The second-order valence-corrected chi connectivity index (χ2v) is 4.92. The Morgan fingerprint density at radius 2 is 1.96 bits per heavy atom. The number of hydrogen-bond acceptors (Lipinski definition) is 3. The second-order valence-electron chi connectivity index (χ2n) is 4.92. The van der Waals surface area contributed by atoms with Gasteiger partial charge in [-0.05, 0) is 24.1 Å². The van der Waals surface area contributed by atoms with Crippen LogP contribution in [0.5, 0.6) is 11.5 Å². The van der Waals surface area contributed by atoms with Crippen LogP contribution in [0.2, 0.25) is 0 Å². The Kier molecular flexibility index (Phi) is 12.3. The molecule has 24 heavy (non-hydrogen) atoms. The van der Waals surface area contributed by atoms with Crippen LogP contribution in [0.3, 0.4) is 0 Å². The fourth-order valence-electron chi connectivity index (χ4n) is 2.01. The van der Waals surface area contributed by atoms with Gasteiger partial charge in [-0.25, -0.2) is 0 Å². The second kappa shape index (κ2) is 13.0. The zero-order chi connectivity index (χ0) is 17.1. The van der Waals surface area contributed by atoms with Crippen molar-refractivity contribution in [2.45, 2.75) is 39.3 Å². The van der Waals surface area contributed by atoms with Gasteiger partial charge in [0.25, 0.3) is 0 Å². The lowest BCUT2D eigenvalue weighted by molar-refractivity contribution is -0.0512. The minimum atomic E-state index is -2.89. The Morgan fingerprint density at radius 3 is 2.54 bits per heavy atom. The highest BCUT2D eigenvalue weighted by molar-refractivity contribution is 14.0. The predicted molar refractivity (Wildman–Crippen MR) is 103 cm³/mol. The van der Waals surface area contributed by atoms with E-state index in [1.54, 1.807) is 19.2 Å². The number of ether oxygens (including phenoxy) is 2. The molecule has 1 aromatic rings. The molecule has 138 valence electrons. The van der Waals surface area contributed by atoms with E-state index in [1.165, 1.54) is 13.2 Å². The summed E-state index contributed by atoms with van der Waals surface area (Å²) in [5, 5.41) is 6.34. The number of alkyl halides is 2. The van der Waals surface area contributed by atoms with Crippen molar-refractivity contribution < 1.29 is 18.3 Å². The van der Waals surface area contributed by atoms with E-state index in [2.05, 4.69) is 27.3 Å². The van der Waals surface area contributed by atoms with E-state index in [4.69, 9.17) is 4.74 Å². The predicted octanol–water partition coefficient (Wildman–Crippen LogP) is 3.77. The zero-order valence-electron chi connectivity index (χ0n) is 14.3. The fraction of sp³-hybridized carbons (Fsp3) is 0.562. The Bertz CT molecular complexity index is 502. The largest absolute Gasteiger partial charge is 0.493 e. The highest BCUT2D eigenvalue weighted by Crippen LogP contribution is 2.29. The van der Waals surface area contributed by atoms with Crippen molar-refractivity contribution in [2.24, 2.45) is 4.99 Å². The smallest absolute Gasteiger partial charge is 0.387 e. The van der Waals surface area contributed by atoms with Crippen LogP contribution in [0.15, 0.2) is 23.2 Å². The van der Waals surface area contributed by atoms with E-state index < -0.39 is 6.61 Å². The summed E-state index contributed by atoms with van der Waals surface area (Å²) in [5.74, 6) is 0.970. The topological polar surface area (TPSA) is 54.9 Å². The first-order valence-electron chi connectivity index (χ1n) is 7.67. The number of guanidine groups is 1. The lowest BCUT2D eigenvalue weighted by Crippen LogP contribution is -2.37. The summed E-state index contributed by atoms with van der Waals surface area (Å²) in [6, 6.07) is 4.92. The molecule has 0 amide bonds. The maximum atomic E-state index is 12.4. The molecule has 2 N–H and O–H groups in total. The van der Waals surface area contributed by atoms with Gasteiger partial charge in [-0.15, -0.1) is 24.0 Å². The van der Waals surface area contributed by atoms with Crippen LogP contribution in [-0.4, -0.2) is 33.3 Å². The van der Waals surface area contributed by atoms with Crippen LogP contribution >= 0.6 is 24.0 Å². The van der Waals surface area contributed by atoms with Crippen molar-refractivity contribution >= 4 is 29.9 Å². The molecule has 0 aliphatic carbocycles. The number of nitrogens with one attached hydrogen (secondary N) is 2. The van der Waals surface area contributed by atoms with E-state index in [9.17, 15) is 8.78 Å². The molecule has 0 fully saturated rings. The summed E-state index contributed by atoms with van der Waals surface area (Å²) in [7, 11) is 3.10. The van der Waals surface area contributed by atoms with Crippen LogP contribution in [-0.2, 0) is 6.54 Å². The van der Waals surface area contributed by atoms with E-state index in [1.807, 2.05) is 0 Å². The third kappa shape index (κ3) is 8.51. The SMILES string of the molecule is CCCCCNC(=NC)NCc1ccc(OC)c(OC(F)F)c1.I. The van der Waals surface area contributed by atoms with Crippen molar-refractivity contribution in [3.05, 3.63) is 23.8 Å². The molecule has 1 rings (SSSR count). The van der Waals surface area contributed by atoms with Crippen molar-refractivity contribution in [3.8, 4) is 11.5 Å². The first-order valence-corrected chi connectivity index (χ1v) is 7.67. The molecule has 0 saturated carbocycles. The molecule has 1 aromatic carbocycles. The molecule has 0 spiro atoms. The summed E-state index contributed by atoms with van der Waals surface area (Å²) in [5.41, 5.74) is 0.790. The number of aliphatic imine (C=N–C) groups is 1. The molecule has 0 bridgehead atoms. The van der Waals surface area contributed by atoms with Crippen LogP contribution in [0, 0.1) is 0 Å². The summed E-state index contributed by atoms with van der Waals surface area (Å²) < 4.78 is 34.3. The number of hydrogen-bond donors (Lipinski definition) is 2. The van der Waals surface area contributed by atoms with Crippen molar-refractivity contribution in [2.75, 3.05) is 20.7 Å². The quantitative estimate of drug-likeness (QED) is 0.257. The molecular weight excluding hydrogens is 431 g/mol. The number of nitrogens with zero attached hydrogens (tertiary/aromatic N) is 1. The average Bonchev–Trinajstić information content (AvgIpc) is 2.54. The minimum absolute atomic E-state index is 0. The Hall–Kier alpha value is -1.32. The van der Waals surface area contributed by atoms with E-state index >= 15 is 0 Å². The summed E-state index contributed by atoms with van der Waals surface area (Å²) in [6.07, 6.45) is 3.40. The van der Waals surface area contributed by atoms with Crippen LogP contribution in [0.25, 0.3) is 0 Å². The molecule has 0 heterocycles. The standard InChI is InChI=1S/C16H25F2N3O2.HI/c1-4-5-6-9-20-16(19-2)21-11-12-7-8-13(22-3)14(10-12)23-15(17)18;/h7-8,10,15H,4-6,9,11H2,1-3H3,(H2,19,20,21);1H. The molecule has 8 heteroatoms. The Labute approximate surface area is 159 Å². The molecule has 0 saturated heterocycles. The maximum Gasteiger partial charge on any atom is 0.387 e. The summed E-state index contributed by atoms with van der Waals surface area (Å²) >= 11 is 0. The molecule has 0 aromatic heterocycles. The van der Waals surface area contributed by atoms with E-state index in [0.29, 0.717) is 12.5 Å². The zero-order valence-corrected chi connectivity index (χ0v) is 16.6. The van der Waals surface area contributed by atoms with Gasteiger partial charge in [-0.2, -0.15) is 8.78 Å². The van der Waals surface area contributed by atoms with E-state index in [0.717, 1.165) is 31.4 Å². The number of benzene rings is 1. The third-order valence-corrected chi connectivity index (χ3v) is 3.20. The van der Waals surface area contributed by atoms with Gasteiger partial charge < -0.3 is 20.1 Å². The minimum Gasteiger partial charge on any atom is -0.493 e. The lowest BCUT2D eigenvalue weighted by atomic mass is 10.2. The normalized spacial score (nSPS) is 11.0. The molecule has 0 atom stereocenters. The monoisotopic (exact) mass is 457 g/mol. The third-order valence-electron chi connectivity index (χ3n) is 3.20. The molecule has 5 nitrogen and oxygen atoms in total. The van der Waals surface area contributed by atoms with Gasteiger partial charge in [-0.3, -0.25) is 4.99 Å². The Morgan fingerprint density at radius 1 is 1.21 bits per heavy atom. The first-order chi connectivity index (χ1) is 11.1. The fourth-order valence-corrected chi connectivity index (χ4v) is 2.01. The summed E-state index contributed by atoms with van der Waals surface area (Å²) in [6.45, 7) is 0.544. The maximum absolute atomic E-state index is 12.4. The Balaban J connectivity index is 0.00000529. The molecular formula is C16H26F2IN3O2. The van der Waals surface area contributed by atoms with Crippen LogP contribution in [0.4, 0.5) is 8.78 Å². The van der Waals surface area contributed by atoms with Crippen molar-refractivity contribution in [3.63, 3.8) is 0 Å². The van der Waals surface area contributed by atoms with Gasteiger partial charge in [0, 0.05) is 20.1 Å². The van der Waals surface area contributed by atoms with Gasteiger partial charge in [0.2, 0.25) is 0 Å². The van der Waals surface area contributed by atoms with Crippen LogP contribution in [0.1, 0.15) is 31.7 Å². The van der Waals surface area contributed by atoms with Gasteiger partial charge in [0.1, 0.15) is 0 Å². The molecule has 0 unspecified atom stereocenters. The van der Waals surface area contributed by atoms with Gasteiger partial charge in [0.15, 0.2) is 17.5 Å². The van der Waals surface area contributed by atoms with E-state index in [-0.39, 0.29) is 35.5 Å². The molecule has 0 aliphatic rings. The number of halogens is 3. The number of unbranched alkanes of at least 4 members (excludes halogenated alkanes) is 2. The average molecular weight is 457 g/mol. The highest BCUT2D eigenvalue weighted by atomic mass is 127. The van der Waals surface area contributed by atoms with Crippen molar-refractivity contribution in [1.29, 1.82) is 0 Å². The molecule has 0 radical (unpaired) electrons. The molecule has 0 aliphatic heterocycles. The van der Waals surface area contributed by atoms with Gasteiger partial charge in [0.05, 0.1) is 7.11 Å². The lowest BCUT2D eigenvalue weighted by Gasteiger charge is -2.14.